The summed E-state index contributed by atoms with van der Waals surface area (Å²) in [6, 6.07) is 11.5. The van der Waals surface area contributed by atoms with Crippen LogP contribution in [0.3, 0.4) is 0 Å². The number of benzene rings is 1. The zero-order valence-electron chi connectivity index (χ0n) is 16.2. The minimum Gasteiger partial charge on any atom is -0.320 e. The van der Waals surface area contributed by atoms with Crippen LogP contribution in [-0.2, 0) is 4.79 Å². The van der Waals surface area contributed by atoms with Gasteiger partial charge in [-0.15, -0.1) is 0 Å². The van der Waals surface area contributed by atoms with Crippen LogP contribution in [0.2, 0.25) is 0 Å². The van der Waals surface area contributed by atoms with Crippen molar-refractivity contribution in [2.24, 2.45) is 5.10 Å². The van der Waals surface area contributed by atoms with Crippen molar-refractivity contribution < 1.29 is 4.79 Å². The Morgan fingerprint density at radius 2 is 1.96 bits per heavy atom. The Kier molecular flexibility index (Phi) is 4.55. The van der Waals surface area contributed by atoms with Gasteiger partial charge in [0.25, 0.3) is 5.56 Å². The van der Waals surface area contributed by atoms with E-state index in [1.54, 1.807) is 12.3 Å². The fourth-order valence-corrected chi connectivity index (χ4v) is 3.73. The van der Waals surface area contributed by atoms with Gasteiger partial charge in [0, 0.05) is 19.0 Å². The van der Waals surface area contributed by atoms with Crippen LogP contribution in [0.1, 0.15) is 48.1 Å². The highest BCUT2D eigenvalue weighted by atomic mass is 16.2. The fraction of sp³-hybridized carbons (Fsp3) is 0.273. The Bertz CT molecular complexity index is 1150. The predicted molar refractivity (Wildman–Crippen MR) is 109 cm³/mol. The molecular formula is C22H22N4O2. The summed E-state index contributed by atoms with van der Waals surface area (Å²) in [5, 5.41) is 6.12. The molecule has 0 bridgehead atoms. The van der Waals surface area contributed by atoms with Crippen molar-refractivity contribution in [1.29, 1.82) is 0 Å². The van der Waals surface area contributed by atoms with Gasteiger partial charge in [-0.2, -0.15) is 5.10 Å². The third kappa shape index (κ3) is 3.01. The van der Waals surface area contributed by atoms with E-state index in [4.69, 9.17) is 0 Å². The standard InChI is InChI=1S/C22H22N4O2/c1-4-19(27)26-18(15-9-7-13(2)8-10-15)12-17(25-26)20-14(3)21-16(24-22(20)28)6-5-11-23-21/h5-11,18H,4,12H2,1-3H3,(H,24,28). The molecule has 1 aliphatic rings. The van der Waals surface area contributed by atoms with Gasteiger partial charge in [0.1, 0.15) is 0 Å². The first-order chi connectivity index (χ1) is 13.5. The number of hydrogen-bond acceptors (Lipinski definition) is 4. The summed E-state index contributed by atoms with van der Waals surface area (Å²) >= 11 is 0. The Balaban J connectivity index is 1.82. The number of aryl methyl sites for hydroxylation is 2. The van der Waals surface area contributed by atoms with Crippen molar-refractivity contribution >= 4 is 22.7 Å². The van der Waals surface area contributed by atoms with Crippen LogP contribution >= 0.6 is 0 Å². The van der Waals surface area contributed by atoms with Gasteiger partial charge in [-0.05, 0) is 37.1 Å². The molecule has 4 rings (SSSR count). The molecule has 6 heteroatoms. The number of fused-ring (bicyclic) bond motifs is 1. The summed E-state index contributed by atoms with van der Waals surface area (Å²) in [6.45, 7) is 5.73. The largest absolute Gasteiger partial charge is 0.320 e. The molecular weight excluding hydrogens is 352 g/mol. The van der Waals surface area contributed by atoms with Gasteiger partial charge in [-0.3, -0.25) is 14.6 Å². The Morgan fingerprint density at radius 3 is 2.68 bits per heavy atom. The molecule has 0 saturated carbocycles. The van der Waals surface area contributed by atoms with Crippen LogP contribution in [-0.4, -0.2) is 26.6 Å². The first-order valence-corrected chi connectivity index (χ1v) is 9.43. The fourth-order valence-electron chi connectivity index (χ4n) is 3.73. The van der Waals surface area contributed by atoms with Crippen molar-refractivity contribution in [2.75, 3.05) is 0 Å². The van der Waals surface area contributed by atoms with Crippen LogP contribution in [0.15, 0.2) is 52.5 Å². The van der Waals surface area contributed by atoms with Crippen LogP contribution < -0.4 is 5.56 Å². The maximum Gasteiger partial charge on any atom is 0.257 e. The Labute approximate surface area is 162 Å². The number of hydrogen-bond donors (Lipinski definition) is 1. The molecule has 1 aromatic carbocycles. The number of nitrogens with zero attached hydrogens (tertiary/aromatic N) is 3. The van der Waals surface area contributed by atoms with E-state index in [-0.39, 0.29) is 17.5 Å². The SMILES string of the molecule is CCC(=O)N1N=C(c2c(C)c3ncccc3[nH]c2=O)CC1c1ccc(C)cc1. The number of carbonyl (C=O) groups excluding carboxylic acids is 1. The van der Waals surface area contributed by atoms with Gasteiger partial charge in [0.05, 0.1) is 28.4 Å². The van der Waals surface area contributed by atoms with Crippen LogP contribution in [0, 0.1) is 13.8 Å². The maximum absolute atomic E-state index is 12.8. The molecule has 2 aromatic heterocycles. The van der Waals surface area contributed by atoms with Gasteiger partial charge < -0.3 is 4.98 Å². The second kappa shape index (κ2) is 7.03. The van der Waals surface area contributed by atoms with E-state index in [2.05, 4.69) is 15.1 Å². The van der Waals surface area contributed by atoms with E-state index < -0.39 is 0 Å². The first kappa shape index (κ1) is 18.1. The third-order valence-corrected chi connectivity index (χ3v) is 5.23. The minimum atomic E-state index is -0.207. The normalized spacial score (nSPS) is 16.5. The molecule has 1 amide bonds. The molecule has 1 N–H and O–H groups in total. The second-order valence-electron chi connectivity index (χ2n) is 7.12. The van der Waals surface area contributed by atoms with Gasteiger partial charge >= 0.3 is 0 Å². The summed E-state index contributed by atoms with van der Waals surface area (Å²) < 4.78 is 0. The van der Waals surface area contributed by atoms with Crippen LogP contribution in [0.5, 0.6) is 0 Å². The molecule has 28 heavy (non-hydrogen) atoms. The van der Waals surface area contributed by atoms with Crippen molar-refractivity contribution in [3.05, 3.63) is 75.2 Å². The average Bonchev–Trinajstić information content (AvgIpc) is 3.13. The molecule has 0 radical (unpaired) electrons. The number of carbonyl (C=O) groups is 1. The van der Waals surface area contributed by atoms with E-state index in [1.165, 1.54) is 5.01 Å². The minimum absolute atomic E-state index is 0.0615. The number of aromatic amines is 1. The summed E-state index contributed by atoms with van der Waals surface area (Å²) in [5.74, 6) is -0.0615. The van der Waals surface area contributed by atoms with Gasteiger partial charge in [-0.25, -0.2) is 5.01 Å². The lowest BCUT2D eigenvalue weighted by atomic mass is 9.96. The third-order valence-electron chi connectivity index (χ3n) is 5.23. The molecule has 0 spiro atoms. The zero-order valence-corrected chi connectivity index (χ0v) is 16.2. The summed E-state index contributed by atoms with van der Waals surface area (Å²) in [4.78, 5) is 32.7. The molecule has 3 aromatic rings. The van der Waals surface area contributed by atoms with E-state index in [0.717, 1.165) is 22.2 Å². The number of amides is 1. The molecule has 0 saturated heterocycles. The van der Waals surface area contributed by atoms with E-state index in [9.17, 15) is 9.59 Å². The summed E-state index contributed by atoms with van der Waals surface area (Å²) in [5.41, 5.74) is 5.32. The predicted octanol–water partition coefficient (Wildman–Crippen LogP) is 3.63. The quantitative estimate of drug-likeness (QED) is 0.760. The lowest BCUT2D eigenvalue weighted by Crippen LogP contribution is -2.26. The number of H-pyrrole nitrogens is 1. The van der Waals surface area contributed by atoms with Crippen LogP contribution in [0.4, 0.5) is 0 Å². The second-order valence-corrected chi connectivity index (χ2v) is 7.12. The monoisotopic (exact) mass is 374 g/mol. The molecule has 6 nitrogen and oxygen atoms in total. The molecule has 1 aliphatic heterocycles. The smallest absolute Gasteiger partial charge is 0.257 e. The Hall–Kier alpha value is -3.28. The van der Waals surface area contributed by atoms with Crippen molar-refractivity contribution in [3.63, 3.8) is 0 Å². The summed E-state index contributed by atoms with van der Waals surface area (Å²) in [6.07, 6.45) is 2.56. The van der Waals surface area contributed by atoms with Crippen LogP contribution in [0.25, 0.3) is 11.0 Å². The lowest BCUT2D eigenvalue weighted by molar-refractivity contribution is -0.132. The average molecular weight is 374 g/mol. The molecule has 1 atom stereocenters. The molecule has 142 valence electrons. The van der Waals surface area contributed by atoms with E-state index >= 15 is 0 Å². The highest BCUT2D eigenvalue weighted by Crippen LogP contribution is 2.33. The topological polar surface area (TPSA) is 78.4 Å². The highest BCUT2D eigenvalue weighted by Gasteiger charge is 2.34. The summed E-state index contributed by atoms with van der Waals surface area (Å²) in [7, 11) is 0. The number of hydrazone groups is 1. The van der Waals surface area contributed by atoms with Crippen molar-refractivity contribution in [2.45, 2.75) is 39.7 Å². The van der Waals surface area contributed by atoms with E-state index in [0.29, 0.717) is 29.6 Å². The number of rotatable bonds is 3. The molecule has 0 fully saturated rings. The molecule has 3 heterocycles. The molecule has 1 unspecified atom stereocenters. The number of nitrogens with one attached hydrogen (secondary N) is 1. The van der Waals surface area contributed by atoms with Gasteiger partial charge in [0.2, 0.25) is 5.91 Å². The number of pyridine rings is 2. The number of aromatic nitrogens is 2. The van der Waals surface area contributed by atoms with Crippen molar-refractivity contribution in [1.82, 2.24) is 15.0 Å². The van der Waals surface area contributed by atoms with Gasteiger partial charge in [-0.1, -0.05) is 36.8 Å². The molecule has 0 aliphatic carbocycles. The first-order valence-electron chi connectivity index (χ1n) is 9.43. The van der Waals surface area contributed by atoms with E-state index in [1.807, 2.05) is 51.1 Å². The van der Waals surface area contributed by atoms with Crippen molar-refractivity contribution in [3.8, 4) is 0 Å². The lowest BCUT2D eigenvalue weighted by Gasteiger charge is -2.21. The maximum atomic E-state index is 12.8. The zero-order chi connectivity index (χ0) is 19.8. The highest BCUT2D eigenvalue weighted by molar-refractivity contribution is 6.06. The Morgan fingerprint density at radius 1 is 1.21 bits per heavy atom. The van der Waals surface area contributed by atoms with Gasteiger partial charge in [0.15, 0.2) is 0 Å².